The minimum Gasteiger partial charge on any atom is -0.363 e. The van der Waals surface area contributed by atoms with Gasteiger partial charge in [-0.2, -0.15) is 0 Å². The van der Waals surface area contributed by atoms with Crippen LogP contribution in [0.3, 0.4) is 0 Å². The Labute approximate surface area is 233 Å². The molecular formula is C32H32Cl2N2O2. The highest BCUT2D eigenvalue weighted by molar-refractivity contribution is 6.51. The number of aryl methyl sites for hydroxylation is 1. The average molecular weight is 548 g/mol. The zero-order valence-corrected chi connectivity index (χ0v) is 22.9. The van der Waals surface area contributed by atoms with Gasteiger partial charge in [0.25, 0.3) is 0 Å². The summed E-state index contributed by atoms with van der Waals surface area (Å²) in [6.45, 7) is 1.21. The van der Waals surface area contributed by atoms with Crippen LogP contribution in [0.15, 0.2) is 78.9 Å². The number of benzene rings is 3. The molecule has 6 heteroatoms. The fourth-order valence-electron chi connectivity index (χ4n) is 6.29. The third-order valence-corrected chi connectivity index (χ3v) is 9.51. The van der Waals surface area contributed by atoms with Gasteiger partial charge in [-0.25, -0.2) is 4.98 Å². The van der Waals surface area contributed by atoms with E-state index in [1.54, 1.807) is 0 Å². The summed E-state index contributed by atoms with van der Waals surface area (Å²) in [5.74, 6) is 0.944. The summed E-state index contributed by atoms with van der Waals surface area (Å²) in [7, 11) is 0. The van der Waals surface area contributed by atoms with Crippen LogP contribution in [0.25, 0.3) is 22.4 Å². The summed E-state index contributed by atoms with van der Waals surface area (Å²) >= 11 is 14.3. The SMILES string of the molecule is O=C1c2ccccc2C[C@@]1(OCCCCn1c(-c2ccccc2)nc2ccccc21)C(Cl)(Cl)C1CCCC1. The number of aromatic nitrogens is 2. The number of halogens is 2. The molecule has 2 aliphatic rings. The van der Waals surface area contributed by atoms with Crippen molar-refractivity contribution in [3.8, 4) is 11.4 Å². The number of hydrogen-bond acceptors (Lipinski definition) is 3. The number of carbonyl (C=O) groups excluding carboxylic acids is 1. The van der Waals surface area contributed by atoms with Gasteiger partial charge in [0, 0.05) is 30.7 Å². The Balaban J connectivity index is 1.20. The van der Waals surface area contributed by atoms with Crippen LogP contribution < -0.4 is 0 Å². The van der Waals surface area contributed by atoms with Crippen LogP contribution in [-0.4, -0.2) is 31.9 Å². The number of rotatable bonds is 9. The lowest BCUT2D eigenvalue weighted by molar-refractivity contribution is -0.0418. The van der Waals surface area contributed by atoms with E-state index >= 15 is 0 Å². The monoisotopic (exact) mass is 546 g/mol. The van der Waals surface area contributed by atoms with Crippen molar-refractivity contribution < 1.29 is 9.53 Å². The Morgan fingerprint density at radius 1 is 0.921 bits per heavy atom. The summed E-state index contributed by atoms with van der Waals surface area (Å²) in [5.41, 5.74) is 3.62. The number of ketones is 1. The van der Waals surface area contributed by atoms with Gasteiger partial charge in [-0.05, 0) is 49.3 Å². The molecule has 38 heavy (non-hydrogen) atoms. The molecule has 1 fully saturated rings. The largest absolute Gasteiger partial charge is 0.363 e. The van der Waals surface area contributed by atoms with E-state index in [0.29, 0.717) is 18.6 Å². The minimum atomic E-state index is -1.26. The second-order valence-electron chi connectivity index (χ2n) is 10.6. The molecule has 1 heterocycles. The third kappa shape index (κ3) is 4.37. The maximum Gasteiger partial charge on any atom is 0.198 e. The van der Waals surface area contributed by atoms with E-state index in [-0.39, 0.29) is 11.7 Å². The van der Waals surface area contributed by atoms with E-state index < -0.39 is 9.93 Å². The number of fused-ring (bicyclic) bond motifs is 2. The highest BCUT2D eigenvalue weighted by Gasteiger charge is 2.62. The molecule has 0 spiro atoms. The van der Waals surface area contributed by atoms with Crippen LogP contribution in [0.5, 0.6) is 0 Å². The molecule has 0 N–H and O–H groups in total. The number of carbonyl (C=O) groups is 1. The number of alkyl halides is 2. The summed E-state index contributed by atoms with van der Waals surface area (Å²) in [5, 5.41) is 0. The van der Waals surface area contributed by atoms with E-state index in [4.69, 9.17) is 32.9 Å². The quantitative estimate of drug-likeness (QED) is 0.157. The van der Waals surface area contributed by atoms with E-state index in [9.17, 15) is 4.79 Å². The van der Waals surface area contributed by atoms with Crippen molar-refractivity contribution in [3.63, 3.8) is 0 Å². The van der Waals surface area contributed by atoms with Crippen LogP contribution in [0.2, 0.25) is 0 Å². The fraction of sp³-hybridized carbons (Fsp3) is 0.375. The molecule has 0 aliphatic heterocycles. The van der Waals surface area contributed by atoms with E-state index in [1.165, 1.54) is 0 Å². The summed E-state index contributed by atoms with van der Waals surface area (Å²) in [6, 6.07) is 26.2. The smallest absolute Gasteiger partial charge is 0.198 e. The standard InChI is InChI=1S/C32H32Cl2N2O2/c33-32(34,25-15-5-6-16-25)31(22-24-14-4-7-17-26(24)29(31)37)38-21-11-10-20-36-28-19-9-8-18-27(28)35-30(36)23-12-2-1-3-13-23/h1-4,7-9,12-14,17-19,25H,5-6,10-11,15-16,20-22H2/t31-/m0/s1. The highest BCUT2D eigenvalue weighted by Crippen LogP contribution is 2.54. The number of hydrogen-bond donors (Lipinski definition) is 0. The highest BCUT2D eigenvalue weighted by atomic mass is 35.5. The predicted molar refractivity (Wildman–Crippen MR) is 154 cm³/mol. The number of unbranched alkanes of at least 4 members (excludes halogenated alkanes) is 1. The second kappa shape index (κ2) is 10.5. The predicted octanol–water partition coefficient (Wildman–Crippen LogP) is 8.04. The first-order valence-corrected chi connectivity index (χ1v) is 14.4. The van der Waals surface area contributed by atoms with Crippen molar-refractivity contribution in [1.29, 1.82) is 0 Å². The van der Waals surface area contributed by atoms with Crippen molar-refractivity contribution in [2.45, 2.75) is 61.4 Å². The molecule has 0 amide bonds. The first kappa shape index (κ1) is 25.6. The Bertz CT molecular complexity index is 1440. The van der Waals surface area contributed by atoms with Crippen LogP contribution in [0.4, 0.5) is 0 Å². The number of para-hydroxylation sites is 2. The van der Waals surface area contributed by atoms with Gasteiger partial charge in [-0.3, -0.25) is 4.79 Å². The first-order chi connectivity index (χ1) is 18.5. The maximum absolute atomic E-state index is 13.8. The Kier molecular flexibility index (Phi) is 7.07. The lowest BCUT2D eigenvalue weighted by atomic mass is 9.84. The van der Waals surface area contributed by atoms with Crippen LogP contribution in [0.1, 0.15) is 54.4 Å². The zero-order chi connectivity index (χ0) is 26.2. The lowest BCUT2D eigenvalue weighted by Gasteiger charge is -2.42. The number of Topliss-reactive ketones (excluding diaryl/α,β-unsaturated/α-hetero) is 1. The third-order valence-electron chi connectivity index (χ3n) is 8.29. The summed E-state index contributed by atoms with van der Waals surface area (Å²) in [4.78, 5) is 18.7. The van der Waals surface area contributed by atoms with Crippen molar-refractivity contribution >= 4 is 40.0 Å². The lowest BCUT2D eigenvalue weighted by Crippen LogP contribution is -2.57. The van der Waals surface area contributed by atoms with Gasteiger partial charge in [-0.1, -0.05) is 103 Å². The van der Waals surface area contributed by atoms with Gasteiger partial charge in [0.1, 0.15) is 5.82 Å². The number of ether oxygens (including phenoxy) is 1. The molecule has 1 saturated carbocycles. The molecule has 6 rings (SSSR count). The number of nitrogens with zero attached hydrogens (tertiary/aromatic N) is 2. The van der Waals surface area contributed by atoms with Crippen molar-refractivity contribution in [2.75, 3.05) is 6.61 Å². The Morgan fingerprint density at radius 3 is 2.42 bits per heavy atom. The Hall–Kier alpha value is -2.66. The van der Waals surface area contributed by atoms with Gasteiger partial charge in [0.15, 0.2) is 15.7 Å². The van der Waals surface area contributed by atoms with Gasteiger partial charge in [0.2, 0.25) is 0 Å². The molecule has 3 aromatic carbocycles. The van der Waals surface area contributed by atoms with Crippen molar-refractivity contribution in [3.05, 3.63) is 90.0 Å². The van der Waals surface area contributed by atoms with Crippen LogP contribution in [0, 0.1) is 5.92 Å². The van der Waals surface area contributed by atoms with Gasteiger partial charge in [-0.15, -0.1) is 0 Å². The van der Waals surface area contributed by atoms with E-state index in [1.807, 2.05) is 48.5 Å². The van der Waals surface area contributed by atoms with Crippen LogP contribution >= 0.6 is 23.2 Å². The molecule has 0 saturated heterocycles. The first-order valence-electron chi connectivity index (χ1n) is 13.7. The van der Waals surface area contributed by atoms with E-state index in [0.717, 1.165) is 73.1 Å². The molecule has 0 unspecified atom stereocenters. The molecule has 4 aromatic rings. The fourth-order valence-corrected chi connectivity index (χ4v) is 7.14. The summed E-state index contributed by atoms with van der Waals surface area (Å²) < 4.78 is 7.56. The number of imidazole rings is 1. The Morgan fingerprint density at radius 2 is 1.63 bits per heavy atom. The van der Waals surface area contributed by atoms with Crippen LogP contribution in [-0.2, 0) is 17.7 Å². The van der Waals surface area contributed by atoms with E-state index in [2.05, 4.69) is 34.9 Å². The molecule has 4 nitrogen and oxygen atoms in total. The molecule has 2 aliphatic carbocycles. The van der Waals surface area contributed by atoms with Gasteiger partial charge in [0.05, 0.1) is 11.0 Å². The summed E-state index contributed by atoms with van der Waals surface area (Å²) in [6.07, 6.45) is 6.11. The molecule has 0 radical (unpaired) electrons. The van der Waals surface area contributed by atoms with Crippen molar-refractivity contribution in [1.82, 2.24) is 9.55 Å². The zero-order valence-electron chi connectivity index (χ0n) is 21.4. The maximum atomic E-state index is 13.8. The molecule has 196 valence electrons. The van der Waals surface area contributed by atoms with Gasteiger partial charge >= 0.3 is 0 Å². The average Bonchev–Trinajstić information content (AvgIpc) is 3.68. The molecule has 1 atom stereocenters. The molecule has 0 bridgehead atoms. The minimum absolute atomic E-state index is 0.0508. The molecular weight excluding hydrogens is 515 g/mol. The second-order valence-corrected chi connectivity index (χ2v) is 12.0. The normalized spacial score (nSPS) is 19.9. The van der Waals surface area contributed by atoms with Gasteiger partial charge < -0.3 is 9.30 Å². The molecule has 1 aromatic heterocycles. The topological polar surface area (TPSA) is 44.1 Å². The van der Waals surface area contributed by atoms with Crippen molar-refractivity contribution in [2.24, 2.45) is 5.92 Å².